The number of aliphatic hydroxyl groups is 1. The van der Waals surface area contributed by atoms with Crippen molar-refractivity contribution in [2.75, 3.05) is 26.3 Å². The van der Waals surface area contributed by atoms with Gasteiger partial charge in [0, 0.05) is 25.8 Å². The lowest BCUT2D eigenvalue weighted by molar-refractivity contribution is 0.0434. The molecule has 0 aromatic heterocycles. The number of carbonyl (C=O) groups excluding carboxylic acids is 1. The first-order valence-corrected chi connectivity index (χ1v) is 7.19. The van der Waals surface area contributed by atoms with Crippen LogP contribution in [0, 0.1) is 5.92 Å². The monoisotopic (exact) mass is 272 g/mol. The minimum absolute atomic E-state index is 0.0939. The molecule has 5 nitrogen and oxygen atoms in total. The Morgan fingerprint density at radius 3 is 2.53 bits per heavy atom. The van der Waals surface area contributed by atoms with Crippen LogP contribution in [-0.2, 0) is 4.74 Å². The maximum atomic E-state index is 12.2. The van der Waals surface area contributed by atoms with Gasteiger partial charge in [-0.3, -0.25) is 0 Å². The number of hydrogen-bond donors (Lipinski definition) is 2. The van der Waals surface area contributed by atoms with Crippen molar-refractivity contribution < 1.29 is 14.6 Å². The topological polar surface area (TPSA) is 61.8 Å². The molecule has 0 saturated carbocycles. The standard InChI is InChI=1S/C14H28N2O3/c1-5-16(10-14(3,4)18)13(17)15-11(2)12-6-8-19-9-7-12/h11-12,18H,5-10H2,1-4H3,(H,15,17). The molecule has 0 aromatic rings. The van der Waals surface area contributed by atoms with Crippen molar-refractivity contribution in [2.24, 2.45) is 5.92 Å². The summed E-state index contributed by atoms with van der Waals surface area (Å²) in [4.78, 5) is 13.8. The number of amides is 2. The molecule has 1 aliphatic heterocycles. The van der Waals surface area contributed by atoms with Gasteiger partial charge < -0.3 is 20.1 Å². The number of hydrogen-bond acceptors (Lipinski definition) is 3. The Bertz CT molecular complexity index is 283. The molecule has 2 N–H and O–H groups in total. The Labute approximate surface area is 116 Å². The van der Waals surface area contributed by atoms with Gasteiger partial charge in [-0.05, 0) is 46.5 Å². The number of likely N-dealkylation sites (N-methyl/N-ethyl adjacent to an activating group) is 1. The van der Waals surface area contributed by atoms with Crippen LogP contribution in [0.15, 0.2) is 0 Å². The van der Waals surface area contributed by atoms with Crippen molar-refractivity contribution in [1.29, 1.82) is 0 Å². The molecular formula is C14H28N2O3. The molecule has 1 rings (SSSR count). The van der Waals surface area contributed by atoms with Gasteiger partial charge in [0.25, 0.3) is 0 Å². The van der Waals surface area contributed by atoms with E-state index < -0.39 is 5.60 Å². The summed E-state index contributed by atoms with van der Waals surface area (Å²) >= 11 is 0. The Morgan fingerprint density at radius 2 is 2.05 bits per heavy atom. The molecule has 0 spiro atoms. The first kappa shape index (κ1) is 16.2. The van der Waals surface area contributed by atoms with Crippen LogP contribution in [0.4, 0.5) is 4.79 Å². The minimum atomic E-state index is -0.866. The fourth-order valence-electron chi connectivity index (χ4n) is 2.41. The average molecular weight is 272 g/mol. The van der Waals surface area contributed by atoms with Gasteiger partial charge in [-0.15, -0.1) is 0 Å². The van der Waals surface area contributed by atoms with Gasteiger partial charge in [-0.25, -0.2) is 4.79 Å². The molecule has 0 radical (unpaired) electrons. The highest BCUT2D eigenvalue weighted by Gasteiger charge is 2.25. The number of nitrogens with zero attached hydrogens (tertiary/aromatic N) is 1. The smallest absolute Gasteiger partial charge is 0.317 e. The second-order valence-electron chi connectivity index (χ2n) is 6.01. The van der Waals surface area contributed by atoms with Crippen LogP contribution in [0.2, 0.25) is 0 Å². The third-order valence-electron chi connectivity index (χ3n) is 3.57. The first-order valence-electron chi connectivity index (χ1n) is 7.19. The minimum Gasteiger partial charge on any atom is -0.389 e. The molecule has 1 fully saturated rings. The van der Waals surface area contributed by atoms with Crippen LogP contribution in [0.1, 0.15) is 40.5 Å². The molecule has 19 heavy (non-hydrogen) atoms. The Morgan fingerprint density at radius 1 is 1.47 bits per heavy atom. The lowest BCUT2D eigenvalue weighted by Crippen LogP contribution is -2.50. The number of rotatable bonds is 5. The molecule has 5 heteroatoms. The number of nitrogens with one attached hydrogen (secondary N) is 1. The molecule has 0 aliphatic carbocycles. The summed E-state index contributed by atoms with van der Waals surface area (Å²) in [5.41, 5.74) is -0.866. The summed E-state index contributed by atoms with van der Waals surface area (Å²) < 4.78 is 5.33. The summed E-state index contributed by atoms with van der Waals surface area (Å²) in [6.07, 6.45) is 2.00. The molecule has 1 aliphatic rings. The van der Waals surface area contributed by atoms with E-state index in [-0.39, 0.29) is 12.1 Å². The van der Waals surface area contributed by atoms with E-state index in [1.165, 1.54) is 0 Å². The Hall–Kier alpha value is -0.810. The van der Waals surface area contributed by atoms with E-state index in [2.05, 4.69) is 5.32 Å². The van der Waals surface area contributed by atoms with Crippen molar-refractivity contribution in [3.05, 3.63) is 0 Å². The highest BCUT2D eigenvalue weighted by molar-refractivity contribution is 5.74. The fraction of sp³-hybridized carbons (Fsp3) is 0.929. The van der Waals surface area contributed by atoms with Crippen molar-refractivity contribution >= 4 is 6.03 Å². The normalized spacial score (nSPS) is 19.0. The molecule has 0 bridgehead atoms. The van der Waals surface area contributed by atoms with E-state index in [0.29, 0.717) is 19.0 Å². The zero-order valence-corrected chi connectivity index (χ0v) is 12.6. The maximum Gasteiger partial charge on any atom is 0.317 e. The lowest BCUT2D eigenvalue weighted by atomic mass is 9.93. The second kappa shape index (κ2) is 7.10. The van der Waals surface area contributed by atoms with Gasteiger partial charge >= 0.3 is 6.03 Å². The van der Waals surface area contributed by atoms with Crippen LogP contribution < -0.4 is 5.32 Å². The Kier molecular flexibility index (Phi) is 6.07. The van der Waals surface area contributed by atoms with Crippen LogP contribution in [0.5, 0.6) is 0 Å². The van der Waals surface area contributed by atoms with Gasteiger partial charge in [0.05, 0.1) is 12.1 Å². The fourth-order valence-corrected chi connectivity index (χ4v) is 2.41. The molecule has 1 heterocycles. The highest BCUT2D eigenvalue weighted by atomic mass is 16.5. The van der Waals surface area contributed by atoms with E-state index in [1.807, 2.05) is 13.8 Å². The molecule has 112 valence electrons. The molecule has 0 aromatic carbocycles. The van der Waals surface area contributed by atoms with Crippen LogP contribution in [0.3, 0.4) is 0 Å². The number of carbonyl (C=O) groups is 1. The van der Waals surface area contributed by atoms with E-state index in [4.69, 9.17) is 4.74 Å². The van der Waals surface area contributed by atoms with Crippen molar-refractivity contribution in [3.63, 3.8) is 0 Å². The van der Waals surface area contributed by atoms with Gasteiger partial charge in [0.2, 0.25) is 0 Å². The second-order valence-corrected chi connectivity index (χ2v) is 6.01. The highest BCUT2D eigenvalue weighted by Crippen LogP contribution is 2.18. The summed E-state index contributed by atoms with van der Waals surface area (Å²) in [6, 6.07) is 0.0517. The lowest BCUT2D eigenvalue weighted by Gasteiger charge is -2.32. The van der Waals surface area contributed by atoms with Gasteiger partial charge in [0.1, 0.15) is 0 Å². The van der Waals surface area contributed by atoms with Gasteiger partial charge in [-0.1, -0.05) is 0 Å². The largest absolute Gasteiger partial charge is 0.389 e. The molecule has 1 atom stereocenters. The summed E-state index contributed by atoms with van der Waals surface area (Å²) in [5.74, 6) is 0.485. The predicted octanol–water partition coefficient (Wildman–Crippen LogP) is 1.60. The summed E-state index contributed by atoms with van der Waals surface area (Å²) in [5, 5.41) is 12.9. The Balaban J connectivity index is 2.46. The average Bonchev–Trinajstić information content (AvgIpc) is 2.35. The third kappa shape index (κ3) is 5.78. The van der Waals surface area contributed by atoms with Gasteiger partial charge in [0.15, 0.2) is 0 Å². The summed E-state index contributed by atoms with van der Waals surface area (Å²) in [6.45, 7) is 9.90. The van der Waals surface area contributed by atoms with E-state index in [0.717, 1.165) is 26.1 Å². The molecular weight excluding hydrogens is 244 g/mol. The molecule has 1 saturated heterocycles. The van der Waals surface area contributed by atoms with Crippen molar-refractivity contribution in [3.8, 4) is 0 Å². The summed E-state index contributed by atoms with van der Waals surface area (Å²) in [7, 11) is 0. The zero-order valence-electron chi connectivity index (χ0n) is 12.6. The number of ether oxygens (including phenoxy) is 1. The van der Waals surface area contributed by atoms with Crippen molar-refractivity contribution in [2.45, 2.75) is 52.2 Å². The van der Waals surface area contributed by atoms with Crippen LogP contribution in [-0.4, -0.2) is 54.0 Å². The van der Waals surface area contributed by atoms with E-state index in [9.17, 15) is 9.90 Å². The van der Waals surface area contributed by atoms with Crippen LogP contribution in [0.25, 0.3) is 0 Å². The number of urea groups is 1. The van der Waals surface area contributed by atoms with E-state index >= 15 is 0 Å². The maximum absolute atomic E-state index is 12.2. The van der Waals surface area contributed by atoms with E-state index in [1.54, 1.807) is 18.7 Å². The third-order valence-corrected chi connectivity index (χ3v) is 3.57. The van der Waals surface area contributed by atoms with Crippen LogP contribution >= 0.6 is 0 Å². The van der Waals surface area contributed by atoms with Gasteiger partial charge in [-0.2, -0.15) is 0 Å². The first-order chi connectivity index (χ1) is 8.83. The molecule has 1 unspecified atom stereocenters. The van der Waals surface area contributed by atoms with Crippen molar-refractivity contribution in [1.82, 2.24) is 10.2 Å². The zero-order chi connectivity index (χ0) is 14.5. The predicted molar refractivity (Wildman–Crippen MR) is 75.1 cm³/mol. The SMILES string of the molecule is CCN(CC(C)(C)O)C(=O)NC(C)C1CCOCC1. The molecule has 2 amide bonds. The quantitative estimate of drug-likeness (QED) is 0.799.